The fraction of sp³-hybridized carbons (Fsp3) is 0.200. The van der Waals surface area contributed by atoms with Gasteiger partial charge in [-0.25, -0.2) is 4.79 Å². The van der Waals surface area contributed by atoms with Crippen molar-refractivity contribution in [2.45, 2.75) is 19.8 Å². The van der Waals surface area contributed by atoms with E-state index in [0.29, 0.717) is 40.0 Å². The van der Waals surface area contributed by atoms with Gasteiger partial charge in [-0.05, 0) is 36.8 Å². The number of nitrogens with zero attached hydrogens (tertiary/aromatic N) is 2. The summed E-state index contributed by atoms with van der Waals surface area (Å²) < 4.78 is 48.0. The summed E-state index contributed by atoms with van der Waals surface area (Å²) in [5, 5.41) is 12.8. The molecule has 0 fully saturated rings. The number of nitriles is 1. The zero-order valence-corrected chi connectivity index (χ0v) is 15.5. The molecular weight excluding hydrogens is 387 g/mol. The minimum absolute atomic E-state index is 0.342. The van der Waals surface area contributed by atoms with Gasteiger partial charge in [-0.2, -0.15) is 5.26 Å². The van der Waals surface area contributed by atoms with Crippen molar-refractivity contribution >= 4 is 22.7 Å². The number of hydrogen-bond donors (Lipinski definition) is 1. The maximum Gasteiger partial charge on any atom is 0.573 e. The van der Waals surface area contributed by atoms with Gasteiger partial charge in [0, 0.05) is 23.7 Å². The average Bonchev–Trinajstić information content (AvgIpc) is 2.99. The quantitative estimate of drug-likeness (QED) is 0.643. The van der Waals surface area contributed by atoms with E-state index < -0.39 is 12.5 Å². The number of halogens is 3. The Morgan fingerprint density at radius 1 is 1.21 bits per heavy atom. The van der Waals surface area contributed by atoms with E-state index in [1.54, 1.807) is 28.8 Å². The van der Waals surface area contributed by atoms with E-state index in [1.165, 1.54) is 25.3 Å². The maximum absolute atomic E-state index is 12.6. The Morgan fingerprint density at radius 3 is 2.45 bits per heavy atom. The van der Waals surface area contributed by atoms with Crippen LogP contribution in [0.25, 0.3) is 22.2 Å². The van der Waals surface area contributed by atoms with E-state index in [9.17, 15) is 23.2 Å². The Balaban J connectivity index is 2.12. The first-order valence-electron chi connectivity index (χ1n) is 8.55. The van der Waals surface area contributed by atoms with Crippen molar-refractivity contribution < 1.29 is 27.4 Å². The molecule has 1 heterocycles. The number of carbonyl (C=O) groups excluding carboxylic acids is 1. The molecule has 0 spiro atoms. The Labute approximate surface area is 164 Å². The Morgan fingerprint density at radius 2 is 1.90 bits per heavy atom. The summed E-state index contributed by atoms with van der Waals surface area (Å²) in [4.78, 5) is 11.3. The first kappa shape index (κ1) is 20.1. The molecule has 150 valence electrons. The Hall–Kier alpha value is -3.67. The highest BCUT2D eigenvalue weighted by Crippen LogP contribution is 2.36. The van der Waals surface area contributed by atoms with Gasteiger partial charge in [-0.1, -0.05) is 12.1 Å². The van der Waals surface area contributed by atoms with Crippen LogP contribution in [-0.2, 0) is 11.3 Å². The van der Waals surface area contributed by atoms with Crippen molar-refractivity contribution in [3.8, 4) is 23.1 Å². The SMILES string of the molecule is CCn1c(-c2ccc(NC(=O)OC)cc2)c(C#N)c2ccc(OC(F)(F)F)cc21. The zero-order chi connectivity index (χ0) is 21.2. The Kier molecular flexibility index (Phi) is 5.37. The van der Waals surface area contributed by atoms with Gasteiger partial charge < -0.3 is 14.0 Å². The second-order valence-electron chi connectivity index (χ2n) is 6.00. The first-order chi connectivity index (χ1) is 13.8. The van der Waals surface area contributed by atoms with Gasteiger partial charge in [0.25, 0.3) is 0 Å². The lowest BCUT2D eigenvalue weighted by molar-refractivity contribution is -0.274. The highest BCUT2D eigenvalue weighted by Gasteiger charge is 2.31. The van der Waals surface area contributed by atoms with Gasteiger partial charge in [0.2, 0.25) is 0 Å². The summed E-state index contributed by atoms with van der Waals surface area (Å²) in [5.41, 5.74) is 2.54. The van der Waals surface area contributed by atoms with Gasteiger partial charge in [0.05, 0.1) is 23.9 Å². The van der Waals surface area contributed by atoms with Crippen LogP contribution in [0, 0.1) is 11.3 Å². The van der Waals surface area contributed by atoms with E-state index in [2.05, 4.69) is 20.9 Å². The fourth-order valence-corrected chi connectivity index (χ4v) is 3.15. The molecule has 1 N–H and O–H groups in total. The van der Waals surface area contributed by atoms with Crippen LogP contribution in [0.1, 0.15) is 12.5 Å². The first-order valence-corrected chi connectivity index (χ1v) is 8.55. The average molecular weight is 403 g/mol. The third-order valence-electron chi connectivity index (χ3n) is 4.29. The number of amides is 1. The number of aryl methyl sites for hydroxylation is 1. The highest BCUT2D eigenvalue weighted by atomic mass is 19.4. The third kappa shape index (κ3) is 4.11. The summed E-state index contributed by atoms with van der Waals surface area (Å²) in [6.07, 6.45) is -5.42. The second-order valence-corrected chi connectivity index (χ2v) is 6.00. The molecule has 0 bridgehead atoms. The van der Waals surface area contributed by atoms with Gasteiger partial charge in [-0.15, -0.1) is 13.2 Å². The summed E-state index contributed by atoms with van der Waals surface area (Å²) in [6, 6.07) is 12.7. The molecule has 0 atom stereocenters. The lowest BCUT2D eigenvalue weighted by atomic mass is 10.1. The van der Waals surface area contributed by atoms with Crippen molar-refractivity contribution in [3.05, 3.63) is 48.0 Å². The number of carbonyl (C=O) groups is 1. The number of alkyl halides is 3. The summed E-state index contributed by atoms with van der Waals surface area (Å²) in [7, 11) is 1.25. The second kappa shape index (κ2) is 7.75. The molecule has 0 aliphatic heterocycles. The van der Waals surface area contributed by atoms with E-state index in [-0.39, 0.29) is 5.75 Å². The van der Waals surface area contributed by atoms with Crippen LogP contribution in [0.5, 0.6) is 5.75 Å². The molecule has 0 saturated heterocycles. The Bertz CT molecular complexity index is 1100. The fourth-order valence-electron chi connectivity index (χ4n) is 3.15. The minimum Gasteiger partial charge on any atom is -0.453 e. The molecular formula is C20H16F3N3O3. The van der Waals surface area contributed by atoms with Crippen molar-refractivity contribution in [2.24, 2.45) is 0 Å². The molecule has 9 heteroatoms. The third-order valence-corrected chi connectivity index (χ3v) is 4.29. The van der Waals surface area contributed by atoms with E-state index in [0.717, 1.165) is 0 Å². The van der Waals surface area contributed by atoms with Crippen LogP contribution in [0.4, 0.5) is 23.7 Å². The molecule has 0 radical (unpaired) electrons. The lowest BCUT2D eigenvalue weighted by Crippen LogP contribution is -2.17. The molecule has 1 aromatic heterocycles. The van der Waals surface area contributed by atoms with Crippen molar-refractivity contribution in [3.63, 3.8) is 0 Å². The van der Waals surface area contributed by atoms with Crippen LogP contribution in [-0.4, -0.2) is 24.1 Å². The monoisotopic (exact) mass is 403 g/mol. The molecule has 29 heavy (non-hydrogen) atoms. The number of fused-ring (bicyclic) bond motifs is 1. The van der Waals surface area contributed by atoms with Crippen LogP contribution in [0.15, 0.2) is 42.5 Å². The predicted octanol–water partition coefficient (Wildman–Crippen LogP) is 5.28. The van der Waals surface area contributed by atoms with Crippen LogP contribution >= 0.6 is 0 Å². The standard InChI is InChI=1S/C20H16F3N3O3/c1-3-26-17-10-14(29-20(21,22)23)8-9-15(17)16(11-24)18(26)12-4-6-13(7-5-12)25-19(27)28-2/h4-10H,3H2,1-2H3,(H,25,27). The van der Waals surface area contributed by atoms with E-state index in [1.807, 2.05) is 6.92 Å². The molecule has 6 nitrogen and oxygen atoms in total. The number of anilines is 1. The number of benzene rings is 2. The van der Waals surface area contributed by atoms with Gasteiger partial charge in [0.1, 0.15) is 11.8 Å². The van der Waals surface area contributed by atoms with E-state index >= 15 is 0 Å². The van der Waals surface area contributed by atoms with Crippen LogP contribution in [0.3, 0.4) is 0 Å². The number of methoxy groups -OCH3 is 1. The molecule has 2 aromatic carbocycles. The van der Waals surface area contributed by atoms with Crippen LogP contribution in [0.2, 0.25) is 0 Å². The van der Waals surface area contributed by atoms with Crippen molar-refractivity contribution in [1.82, 2.24) is 4.57 Å². The van der Waals surface area contributed by atoms with Crippen molar-refractivity contribution in [1.29, 1.82) is 5.26 Å². The number of aromatic nitrogens is 1. The summed E-state index contributed by atoms with van der Waals surface area (Å²) in [5.74, 6) is -0.356. The molecule has 3 aromatic rings. The summed E-state index contributed by atoms with van der Waals surface area (Å²) >= 11 is 0. The normalized spacial score (nSPS) is 11.2. The zero-order valence-electron chi connectivity index (χ0n) is 15.5. The predicted molar refractivity (Wildman–Crippen MR) is 100 cm³/mol. The van der Waals surface area contributed by atoms with Crippen LogP contribution < -0.4 is 10.1 Å². The molecule has 0 aliphatic rings. The molecule has 0 saturated carbocycles. The minimum atomic E-state index is -4.80. The van der Waals surface area contributed by atoms with Gasteiger partial charge in [-0.3, -0.25) is 5.32 Å². The number of hydrogen-bond acceptors (Lipinski definition) is 4. The molecule has 0 unspecified atom stereocenters. The molecule has 3 rings (SSSR count). The topological polar surface area (TPSA) is 76.3 Å². The number of ether oxygens (including phenoxy) is 2. The van der Waals surface area contributed by atoms with E-state index in [4.69, 9.17) is 0 Å². The van der Waals surface area contributed by atoms with Gasteiger partial charge >= 0.3 is 12.5 Å². The smallest absolute Gasteiger partial charge is 0.453 e. The number of nitrogens with one attached hydrogen (secondary N) is 1. The maximum atomic E-state index is 12.6. The molecule has 1 amide bonds. The molecule has 0 aliphatic carbocycles. The summed E-state index contributed by atoms with van der Waals surface area (Å²) in [6.45, 7) is 2.25. The van der Waals surface area contributed by atoms with Gasteiger partial charge in [0.15, 0.2) is 0 Å². The number of rotatable bonds is 4. The largest absolute Gasteiger partial charge is 0.573 e. The van der Waals surface area contributed by atoms with Crippen molar-refractivity contribution in [2.75, 3.05) is 12.4 Å². The highest BCUT2D eigenvalue weighted by molar-refractivity contribution is 5.95. The lowest BCUT2D eigenvalue weighted by Gasteiger charge is -2.11.